The Morgan fingerprint density at radius 3 is 0.869 bits per heavy atom. The van der Waals surface area contributed by atoms with Crippen molar-refractivity contribution in [3.8, 4) is 0 Å². The molecule has 0 saturated carbocycles. The fourth-order valence-corrected chi connectivity index (χ4v) is 3.57. The summed E-state index contributed by atoms with van der Waals surface area (Å²) in [6.07, 6.45) is 30.8. The van der Waals surface area contributed by atoms with E-state index in [1.165, 1.54) is 61.0 Å². The summed E-state index contributed by atoms with van der Waals surface area (Å²) < 4.78 is 25.0. The van der Waals surface area contributed by atoms with Gasteiger partial charge in [0.25, 0.3) is 0 Å². The van der Waals surface area contributed by atoms with Crippen LogP contribution in [0.2, 0.25) is 0 Å². The average Bonchev–Trinajstić information content (AvgIpc) is 4.57. The molecule has 0 amide bonds. The molecule has 0 atom stereocenters. The molecule has 0 saturated heterocycles. The minimum Gasteiger partial charge on any atom is -0.473 e. The van der Waals surface area contributed by atoms with Crippen LogP contribution in [0.3, 0.4) is 0 Å². The molecule has 11 aromatic heterocycles. The minimum absolute atomic E-state index is 1.26. The smallest absolute Gasteiger partial charge is 0.213 e. The van der Waals surface area contributed by atoms with Crippen molar-refractivity contribution in [2.45, 2.75) is 305 Å². The van der Waals surface area contributed by atoms with Gasteiger partial charge in [0, 0.05) is 60.3 Å². The highest BCUT2D eigenvalue weighted by Gasteiger charge is 1.64. The van der Waals surface area contributed by atoms with Crippen molar-refractivity contribution in [1.29, 1.82) is 0 Å². The SMILES string of the molecule is CC.CC.CC.CC.CC.CC.CC.CC.CC.CC.CC.CC.CC.CC.CC.CC.CC.CC.CC.CC.CC.CC.c1c[nH]cn1.c1cc[nH]c1.c1ccoc1.c1ccsc1.c1cn[nH]c1.c1cnoc1.c1cnsc1.c1cocn1.c1cscn1.c1ncon1.c1ncsn1. The predicted molar refractivity (Wildman–Crippen MR) is 462 cm³/mol. The van der Waals surface area contributed by atoms with Crippen molar-refractivity contribution in [2.75, 3.05) is 0 Å². The van der Waals surface area contributed by atoms with Crippen LogP contribution < -0.4 is 0 Å². The Bertz CT molecular complexity index is 1220. The van der Waals surface area contributed by atoms with E-state index in [-0.39, 0.29) is 0 Å². The maximum Gasteiger partial charge on any atom is 0.213 e. The summed E-state index contributed by atoms with van der Waals surface area (Å²) in [5, 5.41) is 20.7. The van der Waals surface area contributed by atoms with Gasteiger partial charge in [-0.05, 0) is 76.3 Å². The van der Waals surface area contributed by atoms with Crippen LogP contribution >= 0.6 is 45.7 Å². The number of thiophene rings is 1. The van der Waals surface area contributed by atoms with Crippen molar-refractivity contribution in [3.63, 3.8) is 0 Å². The number of oxazole rings is 1. The highest BCUT2D eigenvalue weighted by molar-refractivity contribution is 7.07. The van der Waals surface area contributed by atoms with Gasteiger partial charge in [-0.3, -0.25) is 10.1 Å². The molecule has 0 radical (unpaired) electrons. The predicted octanol–water partition coefficient (Wildman–Crippen LogP) is 31.7. The molecule has 21 heteroatoms. The van der Waals surface area contributed by atoms with Crippen LogP contribution in [-0.4, -0.2) is 64.1 Å². The van der Waals surface area contributed by atoms with E-state index in [9.17, 15) is 0 Å². The number of H-pyrrole nitrogens is 3. The van der Waals surface area contributed by atoms with Gasteiger partial charge in [-0.1, -0.05) is 327 Å². The van der Waals surface area contributed by atoms with Gasteiger partial charge in [0.05, 0.1) is 36.8 Å². The lowest BCUT2D eigenvalue weighted by atomic mass is 10.7. The maximum absolute atomic E-state index is 4.58. The second kappa shape index (κ2) is 320. The fourth-order valence-electron chi connectivity index (χ4n) is 2.14. The van der Waals surface area contributed by atoms with Crippen LogP contribution in [0.4, 0.5) is 0 Å². The first kappa shape index (κ1) is 156. The van der Waals surface area contributed by atoms with Crippen LogP contribution in [-0.2, 0) is 0 Å². The lowest BCUT2D eigenvalue weighted by Crippen LogP contribution is -1.53. The van der Waals surface area contributed by atoms with Gasteiger partial charge in [-0.2, -0.15) is 20.8 Å². The Labute approximate surface area is 634 Å². The fraction of sp³-hybridized carbons (Fsp3) is 0.564. The van der Waals surface area contributed by atoms with Crippen molar-refractivity contribution in [1.82, 2.24) is 64.1 Å². The lowest BCUT2D eigenvalue weighted by molar-refractivity contribution is 0.416. The number of hydrogen-bond acceptors (Lipinski definition) is 18. The number of rotatable bonds is 0. The largest absolute Gasteiger partial charge is 0.473 e. The summed E-state index contributed by atoms with van der Waals surface area (Å²) >= 11 is 6.13. The number of aromatic amines is 3. The van der Waals surface area contributed by atoms with Gasteiger partial charge in [-0.25, -0.2) is 24.3 Å². The normalized spacial score (nSPS) is 5.78. The zero-order valence-corrected chi connectivity index (χ0v) is 76.1. The molecule has 594 valence electrons. The molecule has 11 heterocycles. The summed E-state index contributed by atoms with van der Waals surface area (Å²) in [5.41, 5.74) is 3.47. The highest BCUT2D eigenvalue weighted by Crippen LogP contribution is 1.91. The van der Waals surface area contributed by atoms with Crippen LogP contribution in [0, 0.1) is 0 Å². The van der Waals surface area contributed by atoms with Crippen LogP contribution in [0.15, 0.2) is 224 Å². The van der Waals surface area contributed by atoms with Crippen molar-refractivity contribution < 1.29 is 17.9 Å². The maximum atomic E-state index is 4.58. The zero-order valence-electron chi connectivity index (χ0n) is 72.9. The van der Waals surface area contributed by atoms with E-state index < -0.39 is 0 Å². The third-order valence-corrected chi connectivity index (χ3v) is 6.22. The van der Waals surface area contributed by atoms with Crippen molar-refractivity contribution in [3.05, 3.63) is 206 Å². The van der Waals surface area contributed by atoms with E-state index in [0.29, 0.717) is 0 Å². The molecule has 11 aromatic rings. The molecule has 0 aromatic carbocycles. The van der Waals surface area contributed by atoms with Crippen LogP contribution in [0.25, 0.3) is 0 Å². The molecule has 11 rings (SSSR count). The number of nitrogens with one attached hydrogen (secondary N) is 3. The lowest BCUT2D eigenvalue weighted by Gasteiger charge is -1.50. The molecule has 0 fully saturated rings. The molecule has 0 aliphatic rings. The molecule has 17 nitrogen and oxygen atoms in total. The molecule has 0 bridgehead atoms. The summed E-state index contributed by atoms with van der Waals surface area (Å²) in [4.78, 5) is 23.6. The van der Waals surface area contributed by atoms with Gasteiger partial charge in [-0.15, -0.1) is 11.3 Å². The van der Waals surface area contributed by atoms with E-state index in [0.717, 1.165) is 0 Å². The van der Waals surface area contributed by atoms with E-state index in [2.05, 4.69) is 82.0 Å². The van der Waals surface area contributed by atoms with E-state index >= 15 is 0 Å². The molecule has 99 heavy (non-hydrogen) atoms. The Morgan fingerprint density at radius 2 is 0.758 bits per heavy atom. The van der Waals surface area contributed by atoms with Gasteiger partial charge < -0.3 is 27.8 Å². The third-order valence-electron chi connectivity index (χ3n) is 4.11. The summed E-state index contributed by atoms with van der Waals surface area (Å²) in [6, 6.07) is 17.1. The molecule has 0 spiro atoms. The third kappa shape index (κ3) is 313. The van der Waals surface area contributed by atoms with E-state index in [1.54, 1.807) is 108 Å². The summed E-state index contributed by atoms with van der Waals surface area (Å²) in [6.45, 7) is 88.0. The standard InChI is InChI=1S/C4H5N.C4H4O.C4H4S.2C3H4N2.2C3H3NO.2C3H3NS.C2H2N2O.C2H2N2S.22C2H6/c3*1-2-4-5-3-1;1-2-5-3-4-1;1-2-4-5-3-1;1-2-5-3-4-1;1-2-4-5-3-1;1-2-5-3-4-1;1-2-4-5-3-1;2*1-3-2-5-4-1;22*1-2/h1-5H;2*1-4H;2*1-3H,(H,4,5);4*1-3H;2*1-2H;22*1-2H3. The van der Waals surface area contributed by atoms with E-state index in [1.807, 2.05) is 387 Å². The number of aromatic nitrogens is 13. The van der Waals surface area contributed by atoms with Crippen LogP contribution in [0.5, 0.6) is 0 Å². The Hall–Kier alpha value is -6.94. The topological polar surface area (TPSA) is 229 Å². The summed E-state index contributed by atoms with van der Waals surface area (Å²) in [5.74, 6) is 0. The number of thiazole rings is 1. The first-order valence-corrected chi connectivity index (χ1v) is 40.7. The molecule has 0 unspecified atom stereocenters. The number of furan rings is 1. The van der Waals surface area contributed by atoms with Gasteiger partial charge >= 0.3 is 0 Å². The first-order chi connectivity index (χ1) is 49.5. The Balaban J connectivity index is -0.0000000313. The second-order valence-corrected chi connectivity index (χ2v) is 10.8. The van der Waals surface area contributed by atoms with E-state index in [4.69, 9.17) is 0 Å². The monoisotopic (exact) mass is 1480 g/mol. The van der Waals surface area contributed by atoms with Crippen molar-refractivity contribution in [2.24, 2.45) is 0 Å². The molecular weight excluding hydrogens is 1310 g/mol. The Kier molecular flexibility index (Phi) is 502. The van der Waals surface area contributed by atoms with Crippen LogP contribution in [0.1, 0.15) is 305 Å². The second-order valence-electron chi connectivity index (χ2n) is 7.89. The molecule has 0 aliphatic carbocycles. The minimum atomic E-state index is 1.26. The molecule has 3 N–H and O–H groups in total. The quantitative estimate of drug-likeness (QED) is 0.128. The Morgan fingerprint density at radius 1 is 0.263 bits per heavy atom. The summed E-state index contributed by atoms with van der Waals surface area (Å²) in [7, 11) is 0. The van der Waals surface area contributed by atoms with Crippen molar-refractivity contribution >= 4 is 45.7 Å². The zero-order chi connectivity index (χ0) is 82.9. The first-order valence-electron chi connectivity index (χ1n) is 37.1. The van der Waals surface area contributed by atoms with Gasteiger partial charge in [0.1, 0.15) is 24.4 Å². The highest BCUT2D eigenvalue weighted by atomic mass is 32.1. The number of imidazole rings is 1. The average molecular weight is 1480 g/mol. The molecule has 0 aliphatic heterocycles. The van der Waals surface area contributed by atoms with Gasteiger partial charge in [0.15, 0.2) is 12.7 Å². The molecular formula is C78H169N13O4S4. The van der Waals surface area contributed by atoms with Gasteiger partial charge in [0.2, 0.25) is 6.39 Å². The number of hydrogen-bond donors (Lipinski definition) is 3. The number of nitrogens with zero attached hydrogens (tertiary/aromatic N) is 10.